The van der Waals surface area contributed by atoms with Gasteiger partial charge in [0.05, 0.1) is 0 Å². The van der Waals surface area contributed by atoms with Gasteiger partial charge >= 0.3 is 0 Å². The zero-order valence-electron chi connectivity index (χ0n) is 18.9. The lowest BCUT2D eigenvalue weighted by Gasteiger charge is -2.14. The van der Waals surface area contributed by atoms with Gasteiger partial charge in [-0.15, -0.1) is 0 Å². The van der Waals surface area contributed by atoms with E-state index < -0.39 is 0 Å². The third-order valence-electron chi connectivity index (χ3n) is 6.82. The summed E-state index contributed by atoms with van der Waals surface area (Å²) in [5, 5.41) is 7.02. The van der Waals surface area contributed by atoms with Crippen LogP contribution < -0.4 is 5.32 Å². The minimum Gasteiger partial charge on any atom is -0.460 e. The molecule has 1 aliphatic rings. The summed E-state index contributed by atoms with van der Waals surface area (Å²) in [6.45, 7) is 2.10. The average Bonchev–Trinajstić information content (AvgIpc) is 3.41. The van der Waals surface area contributed by atoms with Crippen molar-refractivity contribution in [1.29, 1.82) is 0 Å². The second-order valence-corrected chi connectivity index (χ2v) is 9.12. The highest BCUT2D eigenvalue weighted by molar-refractivity contribution is 6.06. The van der Waals surface area contributed by atoms with Crippen LogP contribution in [0.3, 0.4) is 0 Å². The number of furan rings is 2. The van der Waals surface area contributed by atoms with Gasteiger partial charge < -0.3 is 14.2 Å². The molecule has 34 heavy (non-hydrogen) atoms. The van der Waals surface area contributed by atoms with E-state index in [1.807, 2.05) is 24.3 Å². The Morgan fingerprint density at radius 1 is 0.647 bits per heavy atom. The van der Waals surface area contributed by atoms with Crippen molar-refractivity contribution in [2.75, 3.05) is 5.32 Å². The number of fused-ring (bicyclic) bond motifs is 6. The van der Waals surface area contributed by atoms with Gasteiger partial charge in [-0.1, -0.05) is 42.5 Å². The molecule has 7 rings (SSSR count). The highest BCUT2D eigenvalue weighted by Crippen LogP contribution is 2.37. The van der Waals surface area contributed by atoms with Gasteiger partial charge in [-0.2, -0.15) is 0 Å². The predicted molar refractivity (Wildman–Crippen MR) is 141 cm³/mol. The average molecular weight is 442 g/mol. The Labute approximate surface area is 197 Å². The Kier molecular flexibility index (Phi) is 4.18. The van der Waals surface area contributed by atoms with Crippen molar-refractivity contribution >= 4 is 55.9 Å². The minimum atomic E-state index is 0.910. The molecule has 1 aliphatic carbocycles. The van der Waals surface area contributed by atoms with Crippen LogP contribution in [-0.4, -0.2) is 0 Å². The van der Waals surface area contributed by atoms with Crippen LogP contribution in [0.25, 0.3) is 44.6 Å². The highest BCUT2D eigenvalue weighted by atomic mass is 16.3. The van der Waals surface area contributed by atoms with Crippen molar-refractivity contribution in [2.45, 2.75) is 19.8 Å². The molecule has 0 atom stereocenters. The van der Waals surface area contributed by atoms with E-state index in [-0.39, 0.29) is 0 Å². The molecule has 0 spiro atoms. The molecule has 2 aromatic heterocycles. The Hall–Kier alpha value is -4.24. The fourth-order valence-electron chi connectivity index (χ4n) is 5.08. The third kappa shape index (κ3) is 3.12. The van der Waals surface area contributed by atoms with Crippen molar-refractivity contribution in [2.24, 2.45) is 0 Å². The first-order chi connectivity index (χ1) is 16.7. The number of allylic oxidation sites excluding steroid dienone is 1. The van der Waals surface area contributed by atoms with Crippen LogP contribution in [0.4, 0.5) is 11.4 Å². The summed E-state index contributed by atoms with van der Waals surface area (Å²) in [6, 6.07) is 29.6. The molecule has 3 nitrogen and oxygen atoms in total. The SMILES string of the molecule is Cc1ccc2c3c(oc2c1)CCC(c1ccc(Nc2ccc4oc5ccccc5c4c2)cc1)=C3. The zero-order chi connectivity index (χ0) is 22.6. The quantitative estimate of drug-likeness (QED) is 0.298. The zero-order valence-corrected chi connectivity index (χ0v) is 18.9. The molecule has 0 saturated carbocycles. The molecule has 6 aromatic rings. The van der Waals surface area contributed by atoms with Crippen molar-refractivity contribution < 1.29 is 8.83 Å². The van der Waals surface area contributed by atoms with Crippen LogP contribution in [0.2, 0.25) is 0 Å². The molecule has 0 unspecified atom stereocenters. The lowest BCUT2D eigenvalue weighted by atomic mass is 9.91. The summed E-state index contributed by atoms with van der Waals surface area (Å²) in [4.78, 5) is 0. The summed E-state index contributed by atoms with van der Waals surface area (Å²) >= 11 is 0. The van der Waals surface area contributed by atoms with Gasteiger partial charge in [0.1, 0.15) is 22.5 Å². The third-order valence-corrected chi connectivity index (χ3v) is 6.82. The first-order valence-electron chi connectivity index (χ1n) is 11.7. The number of anilines is 2. The largest absolute Gasteiger partial charge is 0.460 e. The molecule has 0 aliphatic heterocycles. The van der Waals surface area contributed by atoms with E-state index in [1.165, 1.54) is 27.6 Å². The Bertz CT molecular complexity index is 1730. The number of aryl methyl sites for hydroxylation is 2. The highest BCUT2D eigenvalue weighted by Gasteiger charge is 2.19. The number of hydrogen-bond acceptors (Lipinski definition) is 3. The topological polar surface area (TPSA) is 38.3 Å². The van der Waals surface area contributed by atoms with E-state index in [1.54, 1.807) is 0 Å². The summed E-state index contributed by atoms with van der Waals surface area (Å²) in [5.41, 5.74) is 10.0. The second kappa shape index (κ2) is 7.39. The predicted octanol–water partition coefficient (Wildman–Crippen LogP) is 8.87. The summed E-state index contributed by atoms with van der Waals surface area (Å²) in [7, 11) is 0. The van der Waals surface area contributed by atoms with E-state index >= 15 is 0 Å². The van der Waals surface area contributed by atoms with Crippen LogP contribution in [0.1, 0.15) is 28.9 Å². The first kappa shape index (κ1) is 19.2. The van der Waals surface area contributed by atoms with E-state index in [0.717, 1.165) is 57.5 Å². The van der Waals surface area contributed by atoms with Gasteiger partial charge in [-0.3, -0.25) is 0 Å². The molecule has 3 heteroatoms. The van der Waals surface area contributed by atoms with Gasteiger partial charge in [0.15, 0.2) is 0 Å². The van der Waals surface area contributed by atoms with Crippen LogP contribution in [0.15, 0.2) is 93.8 Å². The Balaban J connectivity index is 1.18. The van der Waals surface area contributed by atoms with E-state index in [2.05, 4.69) is 79.0 Å². The van der Waals surface area contributed by atoms with E-state index in [0.29, 0.717) is 0 Å². The standard InChI is InChI=1S/C31H23NO2/c1-19-6-13-25-26-17-21(9-14-29(26)34-31(25)16-19)20-7-10-22(11-8-20)32-23-12-15-30-27(18-23)24-4-2-3-5-28(24)33-30/h2-8,10-13,15-18,32H,9,14H2,1H3. The maximum Gasteiger partial charge on any atom is 0.135 e. The van der Waals surface area contributed by atoms with Gasteiger partial charge in [0.2, 0.25) is 0 Å². The number of para-hydroxylation sites is 1. The molecule has 2 heterocycles. The van der Waals surface area contributed by atoms with Gasteiger partial charge in [0, 0.05) is 39.5 Å². The minimum absolute atomic E-state index is 0.910. The Morgan fingerprint density at radius 2 is 1.47 bits per heavy atom. The maximum atomic E-state index is 6.13. The van der Waals surface area contributed by atoms with Crippen LogP contribution >= 0.6 is 0 Å². The second-order valence-electron chi connectivity index (χ2n) is 9.12. The van der Waals surface area contributed by atoms with Gasteiger partial charge in [-0.05, 0) is 78.6 Å². The monoisotopic (exact) mass is 441 g/mol. The van der Waals surface area contributed by atoms with Crippen molar-refractivity contribution in [3.63, 3.8) is 0 Å². The number of nitrogens with one attached hydrogen (secondary N) is 1. The van der Waals surface area contributed by atoms with Crippen molar-refractivity contribution in [3.8, 4) is 0 Å². The number of hydrogen-bond donors (Lipinski definition) is 1. The molecule has 0 radical (unpaired) electrons. The van der Waals surface area contributed by atoms with E-state index in [9.17, 15) is 0 Å². The van der Waals surface area contributed by atoms with Crippen LogP contribution in [-0.2, 0) is 6.42 Å². The van der Waals surface area contributed by atoms with Crippen molar-refractivity contribution in [3.05, 3.63) is 107 Å². The summed E-state index contributed by atoms with van der Waals surface area (Å²) in [6.07, 6.45) is 4.23. The normalized spacial score (nSPS) is 13.4. The van der Waals surface area contributed by atoms with Gasteiger partial charge in [-0.25, -0.2) is 0 Å². The molecule has 0 amide bonds. The summed E-state index contributed by atoms with van der Waals surface area (Å²) < 4.78 is 12.1. The van der Waals surface area contributed by atoms with Crippen LogP contribution in [0, 0.1) is 6.92 Å². The molecule has 0 fully saturated rings. The van der Waals surface area contributed by atoms with Gasteiger partial charge in [0.25, 0.3) is 0 Å². The number of benzene rings is 4. The molecule has 0 bridgehead atoms. The molecular formula is C31H23NO2. The lowest BCUT2D eigenvalue weighted by Crippen LogP contribution is -1.97. The molecule has 1 N–H and O–H groups in total. The van der Waals surface area contributed by atoms with Crippen molar-refractivity contribution in [1.82, 2.24) is 0 Å². The number of rotatable bonds is 3. The molecule has 4 aromatic carbocycles. The molecule has 164 valence electrons. The maximum absolute atomic E-state index is 6.13. The van der Waals surface area contributed by atoms with Crippen LogP contribution in [0.5, 0.6) is 0 Å². The molecular weight excluding hydrogens is 418 g/mol. The Morgan fingerprint density at radius 3 is 2.38 bits per heavy atom. The fourth-order valence-corrected chi connectivity index (χ4v) is 5.08. The molecule has 0 saturated heterocycles. The fraction of sp³-hybridized carbons (Fsp3) is 0.0968. The first-order valence-corrected chi connectivity index (χ1v) is 11.7. The lowest BCUT2D eigenvalue weighted by molar-refractivity contribution is 0.547. The smallest absolute Gasteiger partial charge is 0.135 e. The van der Waals surface area contributed by atoms with E-state index in [4.69, 9.17) is 8.83 Å². The summed E-state index contributed by atoms with van der Waals surface area (Å²) in [5.74, 6) is 1.10.